The molecule has 0 spiro atoms. The zero-order chi connectivity index (χ0) is 19.3. The maximum atomic E-state index is 12.9. The fourth-order valence-corrected chi connectivity index (χ4v) is 4.39. The lowest BCUT2D eigenvalue weighted by molar-refractivity contribution is 0.435. The predicted octanol–water partition coefficient (Wildman–Crippen LogP) is 4.60. The Hall–Kier alpha value is -2.95. The fraction of sp³-hybridized carbons (Fsp3) is 0.348. The first kappa shape index (κ1) is 17.2. The van der Waals surface area contributed by atoms with Crippen molar-refractivity contribution in [3.8, 4) is 11.1 Å². The van der Waals surface area contributed by atoms with E-state index in [2.05, 4.69) is 23.2 Å². The Morgan fingerprint density at radius 3 is 2.54 bits per heavy atom. The van der Waals surface area contributed by atoms with E-state index in [-0.39, 0.29) is 5.56 Å². The topological polar surface area (TPSA) is 52.2 Å². The monoisotopic (exact) mass is 372 g/mol. The van der Waals surface area contributed by atoms with Crippen molar-refractivity contribution >= 4 is 16.6 Å². The van der Waals surface area contributed by atoms with Crippen LogP contribution in [0.1, 0.15) is 49.4 Å². The summed E-state index contributed by atoms with van der Waals surface area (Å²) >= 11 is 0. The Morgan fingerprint density at radius 1 is 1.00 bits per heavy atom. The van der Waals surface area contributed by atoms with E-state index in [9.17, 15) is 4.79 Å². The van der Waals surface area contributed by atoms with Crippen molar-refractivity contribution in [3.05, 3.63) is 64.3 Å². The van der Waals surface area contributed by atoms with Gasteiger partial charge in [-0.2, -0.15) is 5.10 Å². The van der Waals surface area contributed by atoms with E-state index in [4.69, 9.17) is 5.10 Å². The van der Waals surface area contributed by atoms with Crippen molar-refractivity contribution < 1.29 is 0 Å². The Balaban J connectivity index is 1.73. The van der Waals surface area contributed by atoms with E-state index in [1.807, 2.05) is 42.9 Å². The highest BCUT2D eigenvalue weighted by molar-refractivity contribution is 5.85. The number of hydrogen-bond acceptors (Lipinski definition) is 3. The largest absolute Gasteiger partial charge is 0.296 e. The van der Waals surface area contributed by atoms with Gasteiger partial charge >= 0.3 is 0 Å². The molecule has 4 aromatic rings. The summed E-state index contributed by atoms with van der Waals surface area (Å²) in [5.41, 5.74) is 5.93. The van der Waals surface area contributed by atoms with E-state index >= 15 is 0 Å². The molecule has 0 bridgehead atoms. The lowest BCUT2D eigenvalue weighted by Crippen LogP contribution is -2.19. The summed E-state index contributed by atoms with van der Waals surface area (Å²) in [6.45, 7) is 1.98. The fourth-order valence-electron chi connectivity index (χ4n) is 4.39. The second kappa shape index (κ2) is 6.59. The van der Waals surface area contributed by atoms with Gasteiger partial charge in [0.15, 0.2) is 0 Å². The zero-order valence-corrected chi connectivity index (χ0v) is 16.4. The molecule has 1 aliphatic carbocycles. The highest BCUT2D eigenvalue weighted by atomic mass is 16.1. The first-order chi connectivity index (χ1) is 13.6. The third-order valence-corrected chi connectivity index (χ3v) is 6.08. The van der Waals surface area contributed by atoms with Gasteiger partial charge in [0.1, 0.15) is 5.65 Å². The maximum Gasteiger partial charge on any atom is 0.261 e. The number of nitrogens with zero attached hydrogens (tertiary/aromatic N) is 4. The molecule has 0 radical (unpaired) electrons. The summed E-state index contributed by atoms with van der Waals surface area (Å²) in [4.78, 5) is 17.3. The minimum Gasteiger partial charge on any atom is -0.296 e. The molecule has 5 nitrogen and oxygen atoms in total. The van der Waals surface area contributed by atoms with Gasteiger partial charge in [0.05, 0.1) is 16.6 Å². The lowest BCUT2D eigenvalue weighted by atomic mass is 9.87. The van der Waals surface area contributed by atoms with Crippen LogP contribution < -0.4 is 5.56 Å². The minimum atomic E-state index is 0.0196. The van der Waals surface area contributed by atoms with Gasteiger partial charge in [-0.15, -0.1) is 0 Å². The summed E-state index contributed by atoms with van der Waals surface area (Å²) in [5, 5.41) is 5.65. The van der Waals surface area contributed by atoms with E-state index in [1.165, 1.54) is 32.1 Å². The molecule has 1 aromatic carbocycles. The third-order valence-electron chi connectivity index (χ3n) is 6.08. The van der Waals surface area contributed by atoms with Gasteiger partial charge in [0.25, 0.3) is 5.56 Å². The summed E-state index contributed by atoms with van der Waals surface area (Å²) in [6, 6.07) is 12.2. The highest BCUT2D eigenvalue weighted by Crippen LogP contribution is 2.33. The number of fused-ring (bicyclic) bond motifs is 3. The Labute approximate surface area is 163 Å². The van der Waals surface area contributed by atoms with Crippen molar-refractivity contribution in [2.45, 2.75) is 44.9 Å². The van der Waals surface area contributed by atoms with Crippen LogP contribution in [-0.4, -0.2) is 19.2 Å². The molecule has 0 N–H and O–H groups in total. The molecule has 142 valence electrons. The second-order valence-corrected chi connectivity index (χ2v) is 7.96. The first-order valence-corrected chi connectivity index (χ1v) is 10.1. The molecule has 3 aromatic heterocycles. The van der Waals surface area contributed by atoms with Crippen LogP contribution in [-0.2, 0) is 7.05 Å². The Bertz CT molecular complexity index is 1230. The van der Waals surface area contributed by atoms with Gasteiger partial charge in [-0.25, -0.2) is 4.52 Å². The number of benzene rings is 1. The van der Waals surface area contributed by atoms with Gasteiger partial charge in [-0.1, -0.05) is 31.4 Å². The Morgan fingerprint density at radius 2 is 1.79 bits per heavy atom. The molecule has 5 rings (SSSR count). The number of aromatic nitrogens is 4. The van der Waals surface area contributed by atoms with Crippen molar-refractivity contribution in [1.29, 1.82) is 0 Å². The van der Waals surface area contributed by atoms with E-state index < -0.39 is 0 Å². The molecule has 3 heterocycles. The van der Waals surface area contributed by atoms with Crippen LogP contribution in [0.4, 0.5) is 0 Å². The van der Waals surface area contributed by atoms with E-state index in [0.29, 0.717) is 11.3 Å². The van der Waals surface area contributed by atoms with Crippen molar-refractivity contribution in [2.24, 2.45) is 7.05 Å². The minimum absolute atomic E-state index is 0.0196. The standard InChI is InChI=1S/C23H24N4O/c1-15-8-9-18(14-24-15)17-10-11-19-21(12-17)27-22(26(2)23(19)28)13-20(25-27)16-6-4-3-5-7-16/h8-14,16H,3-7H2,1-2H3. The molecule has 0 amide bonds. The van der Waals surface area contributed by atoms with Crippen LogP contribution >= 0.6 is 0 Å². The molecule has 28 heavy (non-hydrogen) atoms. The molecule has 0 aliphatic heterocycles. The van der Waals surface area contributed by atoms with E-state index in [0.717, 1.165) is 33.7 Å². The molecule has 5 heteroatoms. The second-order valence-electron chi connectivity index (χ2n) is 7.96. The predicted molar refractivity (Wildman–Crippen MR) is 112 cm³/mol. The molecule has 0 atom stereocenters. The smallest absolute Gasteiger partial charge is 0.261 e. The molecule has 0 saturated heterocycles. The zero-order valence-electron chi connectivity index (χ0n) is 16.4. The SMILES string of the molecule is Cc1ccc(-c2ccc3c(=O)n(C)c4cc(C5CCCCC5)nn4c3c2)cn1. The van der Waals surface area contributed by atoms with Crippen LogP contribution in [0.3, 0.4) is 0 Å². The molecule has 1 saturated carbocycles. The van der Waals surface area contributed by atoms with Crippen molar-refractivity contribution in [2.75, 3.05) is 0 Å². The molecule has 1 aliphatic rings. The maximum absolute atomic E-state index is 12.9. The van der Waals surface area contributed by atoms with Crippen LogP contribution in [0.25, 0.3) is 27.7 Å². The van der Waals surface area contributed by atoms with Gasteiger partial charge in [-0.3, -0.25) is 14.3 Å². The van der Waals surface area contributed by atoms with Gasteiger partial charge in [0, 0.05) is 36.5 Å². The number of rotatable bonds is 2. The normalized spacial score (nSPS) is 15.5. The highest BCUT2D eigenvalue weighted by Gasteiger charge is 2.20. The van der Waals surface area contributed by atoms with E-state index in [1.54, 1.807) is 4.57 Å². The summed E-state index contributed by atoms with van der Waals surface area (Å²) < 4.78 is 3.67. The van der Waals surface area contributed by atoms with Crippen LogP contribution in [0.2, 0.25) is 0 Å². The number of aryl methyl sites for hydroxylation is 2. The summed E-state index contributed by atoms with van der Waals surface area (Å²) in [5.74, 6) is 0.503. The molecular weight excluding hydrogens is 348 g/mol. The Kier molecular flexibility index (Phi) is 4.04. The first-order valence-electron chi connectivity index (χ1n) is 10.1. The van der Waals surface area contributed by atoms with Crippen LogP contribution in [0.15, 0.2) is 47.4 Å². The van der Waals surface area contributed by atoms with Crippen molar-refractivity contribution in [1.82, 2.24) is 19.2 Å². The average Bonchev–Trinajstić information content (AvgIpc) is 3.19. The van der Waals surface area contributed by atoms with Gasteiger partial charge in [0.2, 0.25) is 0 Å². The van der Waals surface area contributed by atoms with Crippen LogP contribution in [0, 0.1) is 6.92 Å². The third kappa shape index (κ3) is 2.73. The summed E-state index contributed by atoms with van der Waals surface area (Å²) in [7, 11) is 1.83. The quantitative estimate of drug-likeness (QED) is 0.516. The molecular formula is C23H24N4O. The van der Waals surface area contributed by atoms with Gasteiger partial charge in [-0.05, 0) is 43.5 Å². The van der Waals surface area contributed by atoms with Crippen LogP contribution in [0.5, 0.6) is 0 Å². The van der Waals surface area contributed by atoms with Gasteiger partial charge < -0.3 is 0 Å². The lowest BCUT2D eigenvalue weighted by Gasteiger charge is -2.19. The molecule has 0 unspecified atom stereocenters. The average molecular weight is 372 g/mol. The number of pyridine rings is 1. The molecule has 1 fully saturated rings. The van der Waals surface area contributed by atoms with Crippen molar-refractivity contribution in [3.63, 3.8) is 0 Å². The summed E-state index contributed by atoms with van der Waals surface area (Å²) in [6.07, 6.45) is 8.11. The number of hydrogen-bond donors (Lipinski definition) is 0.